The maximum atomic E-state index is 14.4. The van der Waals surface area contributed by atoms with Crippen molar-refractivity contribution in [3.05, 3.63) is 87.7 Å². The highest BCUT2D eigenvalue weighted by Crippen LogP contribution is 2.29. The Morgan fingerprint density at radius 3 is 2.71 bits per heavy atom. The minimum absolute atomic E-state index is 0. The summed E-state index contributed by atoms with van der Waals surface area (Å²) >= 11 is 0. The van der Waals surface area contributed by atoms with Gasteiger partial charge in [-0.3, -0.25) is 9.36 Å². The first-order valence-corrected chi connectivity index (χ1v) is 10.0. The average molecular weight is 440 g/mol. The Bertz CT molecular complexity index is 1340. The lowest BCUT2D eigenvalue weighted by Gasteiger charge is -2.14. The van der Waals surface area contributed by atoms with E-state index in [0.29, 0.717) is 16.7 Å². The van der Waals surface area contributed by atoms with Crippen LogP contribution in [0, 0.1) is 5.82 Å². The van der Waals surface area contributed by atoms with E-state index >= 15 is 0 Å². The number of fused-ring (bicyclic) bond motifs is 3. The summed E-state index contributed by atoms with van der Waals surface area (Å²) in [5.41, 5.74) is 5.68. The van der Waals surface area contributed by atoms with Crippen LogP contribution in [0.2, 0.25) is 0 Å². The van der Waals surface area contributed by atoms with Crippen molar-refractivity contribution in [3.8, 4) is 16.8 Å². The van der Waals surface area contributed by atoms with Gasteiger partial charge in [0.25, 0.3) is 5.56 Å². The number of hydrogen-bond donors (Lipinski definition) is 2. The van der Waals surface area contributed by atoms with Crippen LogP contribution in [0.4, 0.5) is 4.39 Å². The van der Waals surface area contributed by atoms with Gasteiger partial charge in [0.05, 0.1) is 17.8 Å². The predicted molar refractivity (Wildman–Crippen MR) is 122 cm³/mol. The van der Waals surface area contributed by atoms with Crippen molar-refractivity contribution in [2.75, 3.05) is 6.54 Å². The molecule has 0 fully saturated rings. The molecule has 1 aliphatic rings. The van der Waals surface area contributed by atoms with Crippen LogP contribution >= 0.6 is 12.4 Å². The number of rotatable bonds is 3. The molecule has 31 heavy (non-hydrogen) atoms. The van der Waals surface area contributed by atoms with Gasteiger partial charge in [-0.1, -0.05) is 18.2 Å². The average Bonchev–Trinajstić information content (AvgIpc) is 3.05. The number of aryl methyl sites for hydroxylation is 1. The van der Waals surface area contributed by atoms with Gasteiger partial charge in [-0.2, -0.15) is 0 Å². The number of nitrogens with one attached hydrogen (secondary N) is 1. The molecule has 4 aromatic rings. The zero-order valence-electron chi connectivity index (χ0n) is 17.1. The smallest absolute Gasteiger partial charge is 0.255 e. The summed E-state index contributed by atoms with van der Waals surface area (Å²) in [7, 11) is 2.06. The monoisotopic (exact) mass is 439 g/mol. The van der Waals surface area contributed by atoms with Crippen molar-refractivity contribution < 1.29 is 9.50 Å². The molecule has 0 aliphatic carbocycles. The largest absolute Gasteiger partial charge is 0.392 e. The summed E-state index contributed by atoms with van der Waals surface area (Å²) in [5, 5.41) is 13.8. The second-order valence-electron chi connectivity index (χ2n) is 7.71. The van der Waals surface area contributed by atoms with E-state index in [4.69, 9.17) is 5.11 Å². The normalized spacial score (nSPS) is 13.1. The Morgan fingerprint density at radius 1 is 1.13 bits per heavy atom. The maximum Gasteiger partial charge on any atom is 0.255 e. The van der Waals surface area contributed by atoms with E-state index in [0.717, 1.165) is 30.7 Å². The zero-order valence-corrected chi connectivity index (χ0v) is 17.9. The summed E-state index contributed by atoms with van der Waals surface area (Å²) in [6.45, 7) is 1.61. The topological polar surface area (TPSA) is 59.2 Å². The molecule has 0 bridgehead atoms. The first-order valence-electron chi connectivity index (χ1n) is 10.0. The van der Waals surface area contributed by atoms with E-state index in [9.17, 15) is 9.18 Å². The highest BCUT2D eigenvalue weighted by molar-refractivity contribution is 5.87. The molecule has 0 atom stereocenters. The molecular formula is C24H23ClFN3O2. The van der Waals surface area contributed by atoms with Crippen LogP contribution in [0.1, 0.15) is 16.8 Å². The van der Waals surface area contributed by atoms with E-state index in [1.54, 1.807) is 29.0 Å². The lowest BCUT2D eigenvalue weighted by atomic mass is 10.0. The molecule has 5 nitrogen and oxygen atoms in total. The van der Waals surface area contributed by atoms with Crippen LogP contribution in [0.5, 0.6) is 0 Å². The van der Waals surface area contributed by atoms with Gasteiger partial charge in [0.1, 0.15) is 5.82 Å². The highest BCUT2D eigenvalue weighted by atomic mass is 35.5. The molecule has 160 valence electrons. The Balaban J connectivity index is 0.00000231. The van der Waals surface area contributed by atoms with Crippen LogP contribution in [-0.2, 0) is 26.6 Å². The molecule has 3 heterocycles. The summed E-state index contributed by atoms with van der Waals surface area (Å²) in [6, 6.07) is 13.8. The van der Waals surface area contributed by atoms with E-state index < -0.39 is 5.82 Å². The molecule has 0 saturated heterocycles. The molecule has 0 radical (unpaired) electrons. The minimum Gasteiger partial charge on any atom is -0.392 e. The Hall–Kier alpha value is -2.93. The standard InChI is InChI=1S/C24H22FN3O2.ClH/c1-27-22-12-17(3-5-19(22)20-6-8-26-13-23(20)27)28-9-7-16(11-24(28)30)18-4-2-15(14-29)10-21(18)25;/h2-5,7,9-12,26,29H,6,8,13-14H2,1H3;1H. The van der Waals surface area contributed by atoms with Gasteiger partial charge in [-0.25, -0.2) is 4.39 Å². The van der Waals surface area contributed by atoms with Gasteiger partial charge in [0, 0.05) is 42.5 Å². The fourth-order valence-electron chi connectivity index (χ4n) is 4.38. The molecule has 0 spiro atoms. The van der Waals surface area contributed by atoms with Crippen LogP contribution in [0.15, 0.2) is 59.5 Å². The zero-order chi connectivity index (χ0) is 20.8. The van der Waals surface area contributed by atoms with Gasteiger partial charge >= 0.3 is 0 Å². The Labute approximate surface area is 185 Å². The second-order valence-corrected chi connectivity index (χ2v) is 7.71. The van der Waals surface area contributed by atoms with Crippen LogP contribution in [-0.4, -0.2) is 20.8 Å². The number of hydrogen-bond acceptors (Lipinski definition) is 3. The Kier molecular flexibility index (Phi) is 5.71. The third kappa shape index (κ3) is 3.57. The van der Waals surface area contributed by atoms with Crippen molar-refractivity contribution in [3.63, 3.8) is 0 Å². The maximum absolute atomic E-state index is 14.4. The fourth-order valence-corrected chi connectivity index (χ4v) is 4.38. The minimum atomic E-state index is -0.455. The summed E-state index contributed by atoms with van der Waals surface area (Å²) in [5.74, 6) is -0.455. The SMILES string of the molecule is Cl.Cn1c2c(c3ccc(-n4ccc(-c5ccc(CO)cc5F)cc4=O)cc31)CCNC2. The first kappa shape index (κ1) is 21.3. The number of aliphatic hydroxyl groups excluding tert-OH is 1. The summed E-state index contributed by atoms with van der Waals surface area (Å²) in [6.07, 6.45) is 2.68. The fraction of sp³-hybridized carbons (Fsp3) is 0.208. The van der Waals surface area contributed by atoms with Gasteiger partial charge in [0.2, 0.25) is 0 Å². The van der Waals surface area contributed by atoms with Crippen molar-refractivity contribution >= 4 is 23.3 Å². The molecule has 2 N–H and O–H groups in total. The van der Waals surface area contributed by atoms with Crippen LogP contribution < -0.4 is 10.9 Å². The quantitative estimate of drug-likeness (QED) is 0.512. The Morgan fingerprint density at radius 2 is 1.97 bits per heavy atom. The second kappa shape index (κ2) is 8.30. The van der Waals surface area contributed by atoms with E-state index in [-0.39, 0.29) is 24.6 Å². The van der Waals surface area contributed by atoms with Gasteiger partial charge in [-0.05, 0) is 53.9 Å². The lowest BCUT2D eigenvalue weighted by molar-refractivity contribution is 0.281. The molecule has 7 heteroatoms. The molecule has 0 amide bonds. The van der Waals surface area contributed by atoms with Crippen molar-refractivity contribution in [1.29, 1.82) is 0 Å². The number of pyridine rings is 1. The predicted octanol–water partition coefficient (Wildman–Crippen LogP) is 3.70. The molecule has 5 rings (SSSR count). The first-order chi connectivity index (χ1) is 14.6. The van der Waals surface area contributed by atoms with Gasteiger partial charge in [0.15, 0.2) is 0 Å². The lowest BCUT2D eigenvalue weighted by Crippen LogP contribution is -2.24. The van der Waals surface area contributed by atoms with Gasteiger partial charge < -0.3 is 15.0 Å². The number of benzene rings is 2. The van der Waals surface area contributed by atoms with E-state index in [1.807, 2.05) is 12.1 Å². The molecule has 0 saturated carbocycles. The summed E-state index contributed by atoms with van der Waals surface area (Å²) < 4.78 is 18.2. The van der Waals surface area contributed by atoms with Gasteiger partial charge in [-0.15, -0.1) is 12.4 Å². The molecule has 2 aromatic carbocycles. The van der Waals surface area contributed by atoms with Crippen molar-refractivity contribution in [1.82, 2.24) is 14.5 Å². The number of aromatic nitrogens is 2. The number of nitrogens with zero attached hydrogens (tertiary/aromatic N) is 2. The number of halogens is 2. The van der Waals surface area contributed by atoms with E-state index in [2.05, 4.69) is 23.0 Å². The van der Waals surface area contributed by atoms with Crippen LogP contribution in [0.25, 0.3) is 27.7 Å². The van der Waals surface area contributed by atoms with Crippen molar-refractivity contribution in [2.24, 2.45) is 7.05 Å². The molecule has 1 aliphatic heterocycles. The third-order valence-corrected chi connectivity index (χ3v) is 5.99. The van der Waals surface area contributed by atoms with E-state index in [1.165, 1.54) is 28.8 Å². The molecule has 0 unspecified atom stereocenters. The third-order valence-electron chi connectivity index (χ3n) is 5.99. The van der Waals surface area contributed by atoms with Crippen LogP contribution in [0.3, 0.4) is 0 Å². The number of aliphatic hydroxyl groups is 1. The molecular weight excluding hydrogens is 417 g/mol. The highest BCUT2D eigenvalue weighted by Gasteiger charge is 2.18. The summed E-state index contributed by atoms with van der Waals surface area (Å²) in [4.78, 5) is 12.8. The van der Waals surface area contributed by atoms with Crippen molar-refractivity contribution in [2.45, 2.75) is 19.6 Å². The molecule has 2 aromatic heterocycles.